The molecule has 0 radical (unpaired) electrons. The van der Waals surface area contributed by atoms with Crippen molar-refractivity contribution >= 4 is 5.97 Å². The normalized spacial score (nSPS) is 10.6. The Kier molecular flexibility index (Phi) is 3.98. The first-order chi connectivity index (χ1) is 9.45. The van der Waals surface area contributed by atoms with Gasteiger partial charge in [0.25, 0.3) is 0 Å². The molecule has 104 valence electrons. The van der Waals surface area contributed by atoms with Gasteiger partial charge < -0.3 is 9.84 Å². The van der Waals surface area contributed by atoms with Gasteiger partial charge in [-0.3, -0.25) is 0 Å². The van der Waals surface area contributed by atoms with E-state index in [9.17, 15) is 4.79 Å². The quantitative estimate of drug-likeness (QED) is 0.923. The zero-order valence-electron chi connectivity index (χ0n) is 11.6. The molecule has 1 N–H and O–H groups in total. The predicted molar refractivity (Wildman–Crippen MR) is 74.3 cm³/mol. The average molecular weight is 272 g/mol. The van der Waals surface area contributed by atoms with Crippen molar-refractivity contribution in [3.63, 3.8) is 0 Å². The molecule has 2 rings (SSSR count). The largest absolute Gasteiger partial charge is 0.478 e. The predicted octanol–water partition coefficient (Wildman–Crippen LogP) is 3.40. The Morgan fingerprint density at radius 2 is 1.85 bits per heavy atom. The molecule has 20 heavy (non-hydrogen) atoms. The number of hydrogen-bond acceptors (Lipinski definition) is 4. The highest BCUT2D eigenvalue weighted by molar-refractivity contribution is 5.87. The van der Waals surface area contributed by atoms with E-state index in [1.54, 1.807) is 12.1 Å². The Labute approximate surface area is 117 Å². The third kappa shape index (κ3) is 3.32. The fraction of sp³-hybridized carbons (Fsp3) is 0.267. The molecule has 5 heteroatoms. The van der Waals surface area contributed by atoms with Crippen LogP contribution < -0.4 is 4.74 Å². The lowest BCUT2D eigenvalue weighted by molar-refractivity contribution is 0.0697. The Morgan fingerprint density at radius 1 is 1.20 bits per heavy atom. The lowest BCUT2D eigenvalue weighted by Gasteiger charge is -2.09. The second kappa shape index (κ2) is 5.69. The monoisotopic (exact) mass is 272 g/mol. The number of hydrogen-bond donors (Lipinski definition) is 1. The molecule has 0 unspecified atom stereocenters. The van der Waals surface area contributed by atoms with Crippen LogP contribution in [0.2, 0.25) is 0 Å². The molecule has 0 spiro atoms. The molecule has 0 fully saturated rings. The summed E-state index contributed by atoms with van der Waals surface area (Å²) < 4.78 is 5.57. The van der Waals surface area contributed by atoms with Gasteiger partial charge in [-0.1, -0.05) is 13.8 Å². The van der Waals surface area contributed by atoms with Crippen molar-refractivity contribution in [2.75, 3.05) is 0 Å². The molecule has 0 aliphatic heterocycles. The summed E-state index contributed by atoms with van der Waals surface area (Å²) >= 11 is 0. The minimum atomic E-state index is -0.967. The number of aromatic carboxylic acids is 1. The second-order valence-electron chi connectivity index (χ2n) is 4.80. The number of carbonyl (C=O) groups is 1. The van der Waals surface area contributed by atoms with Crippen LogP contribution in [-0.2, 0) is 0 Å². The van der Waals surface area contributed by atoms with E-state index in [4.69, 9.17) is 9.84 Å². The molecular formula is C15H16N2O3. The van der Waals surface area contributed by atoms with Gasteiger partial charge in [0.1, 0.15) is 5.75 Å². The van der Waals surface area contributed by atoms with Gasteiger partial charge in [-0.05, 0) is 43.2 Å². The molecule has 0 aliphatic rings. The topological polar surface area (TPSA) is 72.3 Å². The van der Waals surface area contributed by atoms with E-state index < -0.39 is 5.97 Å². The highest BCUT2D eigenvalue weighted by Gasteiger charge is 2.08. The first kappa shape index (κ1) is 14.0. The Morgan fingerprint density at radius 3 is 2.40 bits per heavy atom. The van der Waals surface area contributed by atoms with Gasteiger partial charge >= 0.3 is 12.0 Å². The Balaban J connectivity index is 2.23. The summed E-state index contributed by atoms with van der Waals surface area (Å²) in [6, 6.07) is 8.34. The van der Waals surface area contributed by atoms with Gasteiger partial charge in [-0.15, -0.1) is 0 Å². The number of nitrogens with zero attached hydrogens (tertiary/aromatic N) is 2. The number of aromatic nitrogens is 2. The summed E-state index contributed by atoms with van der Waals surface area (Å²) in [5.74, 6) is -0.172. The van der Waals surface area contributed by atoms with Crippen molar-refractivity contribution in [1.82, 2.24) is 9.97 Å². The van der Waals surface area contributed by atoms with Crippen molar-refractivity contribution in [3.8, 4) is 11.8 Å². The molecular weight excluding hydrogens is 256 g/mol. The number of ether oxygens (including phenoxy) is 1. The van der Waals surface area contributed by atoms with Crippen LogP contribution >= 0.6 is 0 Å². The number of carboxylic acid groups (broad SMARTS) is 1. The summed E-state index contributed by atoms with van der Waals surface area (Å²) in [6.45, 7) is 5.98. The number of benzene rings is 1. The van der Waals surface area contributed by atoms with E-state index in [0.717, 1.165) is 11.4 Å². The molecule has 2 aromatic rings. The van der Waals surface area contributed by atoms with Crippen molar-refractivity contribution in [3.05, 3.63) is 47.3 Å². The molecule has 0 amide bonds. The molecule has 1 aromatic heterocycles. The zero-order valence-corrected chi connectivity index (χ0v) is 11.6. The van der Waals surface area contributed by atoms with Gasteiger partial charge in [0.2, 0.25) is 0 Å². The van der Waals surface area contributed by atoms with Crippen molar-refractivity contribution in [2.24, 2.45) is 0 Å². The zero-order chi connectivity index (χ0) is 14.7. The van der Waals surface area contributed by atoms with E-state index in [0.29, 0.717) is 5.75 Å². The SMILES string of the molecule is Cc1cc(C(C)C)nc(Oc2ccc(C(=O)O)cc2)n1. The molecule has 0 atom stereocenters. The van der Waals surface area contributed by atoms with Crippen molar-refractivity contribution < 1.29 is 14.6 Å². The van der Waals surface area contributed by atoms with Crippen LogP contribution in [0, 0.1) is 6.92 Å². The van der Waals surface area contributed by atoms with E-state index in [2.05, 4.69) is 9.97 Å². The standard InChI is InChI=1S/C15H16N2O3/c1-9(2)13-8-10(3)16-15(17-13)20-12-6-4-11(5-7-12)14(18)19/h4-9H,1-3H3,(H,18,19). The first-order valence-corrected chi connectivity index (χ1v) is 6.32. The van der Waals surface area contributed by atoms with Crippen LogP contribution in [0.4, 0.5) is 0 Å². The van der Waals surface area contributed by atoms with Gasteiger partial charge in [0, 0.05) is 5.69 Å². The lowest BCUT2D eigenvalue weighted by atomic mass is 10.1. The van der Waals surface area contributed by atoms with Gasteiger partial charge in [0.05, 0.1) is 11.3 Å². The van der Waals surface area contributed by atoms with E-state index in [1.807, 2.05) is 26.8 Å². The molecule has 0 saturated heterocycles. The van der Waals surface area contributed by atoms with E-state index in [-0.39, 0.29) is 17.5 Å². The van der Waals surface area contributed by atoms with Gasteiger partial charge in [-0.25, -0.2) is 9.78 Å². The van der Waals surface area contributed by atoms with Crippen LogP contribution in [0.25, 0.3) is 0 Å². The van der Waals surface area contributed by atoms with Gasteiger partial charge in [0.15, 0.2) is 0 Å². The summed E-state index contributed by atoms with van der Waals surface area (Å²) in [7, 11) is 0. The molecule has 0 saturated carbocycles. The average Bonchev–Trinajstić information content (AvgIpc) is 2.38. The molecule has 0 aliphatic carbocycles. The molecule has 0 bridgehead atoms. The summed E-state index contributed by atoms with van der Waals surface area (Å²) in [5.41, 5.74) is 1.96. The maximum Gasteiger partial charge on any atom is 0.335 e. The summed E-state index contributed by atoms with van der Waals surface area (Å²) in [6.07, 6.45) is 0. The summed E-state index contributed by atoms with van der Waals surface area (Å²) in [5, 5.41) is 8.83. The fourth-order valence-corrected chi connectivity index (χ4v) is 1.68. The fourth-order valence-electron chi connectivity index (χ4n) is 1.68. The van der Waals surface area contributed by atoms with Crippen LogP contribution in [0.5, 0.6) is 11.8 Å². The van der Waals surface area contributed by atoms with Crippen molar-refractivity contribution in [1.29, 1.82) is 0 Å². The molecule has 1 aromatic carbocycles. The third-order valence-corrected chi connectivity index (χ3v) is 2.76. The maximum atomic E-state index is 10.8. The number of carboxylic acids is 1. The van der Waals surface area contributed by atoms with Crippen molar-refractivity contribution in [2.45, 2.75) is 26.7 Å². The lowest BCUT2D eigenvalue weighted by Crippen LogP contribution is -2.00. The van der Waals surface area contributed by atoms with Crippen LogP contribution in [0.1, 0.15) is 41.5 Å². The minimum Gasteiger partial charge on any atom is -0.478 e. The minimum absolute atomic E-state index is 0.213. The highest BCUT2D eigenvalue weighted by atomic mass is 16.5. The Bertz CT molecular complexity index is 622. The number of rotatable bonds is 4. The third-order valence-electron chi connectivity index (χ3n) is 2.76. The van der Waals surface area contributed by atoms with Crippen LogP contribution in [0.15, 0.2) is 30.3 Å². The van der Waals surface area contributed by atoms with E-state index in [1.165, 1.54) is 12.1 Å². The molecule has 5 nitrogen and oxygen atoms in total. The first-order valence-electron chi connectivity index (χ1n) is 6.32. The van der Waals surface area contributed by atoms with Crippen LogP contribution in [0.3, 0.4) is 0 Å². The van der Waals surface area contributed by atoms with Crippen LogP contribution in [-0.4, -0.2) is 21.0 Å². The maximum absolute atomic E-state index is 10.8. The number of aryl methyl sites for hydroxylation is 1. The highest BCUT2D eigenvalue weighted by Crippen LogP contribution is 2.21. The Hall–Kier alpha value is -2.43. The smallest absolute Gasteiger partial charge is 0.335 e. The van der Waals surface area contributed by atoms with E-state index >= 15 is 0 Å². The second-order valence-corrected chi connectivity index (χ2v) is 4.80. The summed E-state index contributed by atoms with van der Waals surface area (Å²) in [4.78, 5) is 19.3. The molecule has 1 heterocycles. The van der Waals surface area contributed by atoms with Gasteiger partial charge in [-0.2, -0.15) is 4.98 Å².